The predicted molar refractivity (Wildman–Crippen MR) is 80.7 cm³/mol. The van der Waals surface area contributed by atoms with Crippen LogP contribution in [0.1, 0.15) is 18.1 Å². The van der Waals surface area contributed by atoms with Crippen LogP contribution in [0, 0.1) is 0 Å². The summed E-state index contributed by atoms with van der Waals surface area (Å²) in [6.07, 6.45) is -4.51. The highest BCUT2D eigenvalue weighted by Crippen LogP contribution is 2.33. The van der Waals surface area contributed by atoms with Crippen LogP contribution in [0.15, 0.2) is 47.6 Å². The summed E-state index contributed by atoms with van der Waals surface area (Å²) in [7, 11) is 0. The van der Waals surface area contributed by atoms with Crippen molar-refractivity contribution in [3.05, 3.63) is 63.6 Å². The third-order valence-electron chi connectivity index (χ3n) is 2.76. The Morgan fingerprint density at radius 2 is 1.73 bits per heavy atom. The average molecular weight is 348 g/mol. The fourth-order valence-electron chi connectivity index (χ4n) is 1.76. The van der Waals surface area contributed by atoms with Crippen molar-refractivity contribution in [3.63, 3.8) is 0 Å². The lowest BCUT2D eigenvalue weighted by Gasteiger charge is -2.12. The molecule has 0 radical (unpaired) electrons. The number of alkyl halides is 3. The van der Waals surface area contributed by atoms with Gasteiger partial charge in [0.2, 0.25) is 0 Å². The zero-order valence-electron chi connectivity index (χ0n) is 11.3. The summed E-state index contributed by atoms with van der Waals surface area (Å²) >= 11 is 11.6. The topological polar surface area (TPSA) is 21.6 Å². The number of halogens is 5. The quantitative estimate of drug-likeness (QED) is 0.506. The second-order valence-electron chi connectivity index (χ2n) is 4.41. The first-order valence-electron chi connectivity index (χ1n) is 6.11. The van der Waals surface area contributed by atoms with Gasteiger partial charge < -0.3 is 4.84 Å². The van der Waals surface area contributed by atoms with Crippen molar-refractivity contribution in [2.75, 3.05) is 0 Å². The van der Waals surface area contributed by atoms with E-state index in [0.29, 0.717) is 10.8 Å². The standard InChI is InChI=1S/C15H10Cl2F3NO/c1-9(21-22-12-4-2-3-10(16)7-12)13-8-11(17)5-6-14(13)15(18,19)20/h2-8H,1H3/b21-9+. The first-order valence-corrected chi connectivity index (χ1v) is 6.87. The molecule has 0 heterocycles. The summed E-state index contributed by atoms with van der Waals surface area (Å²) < 4.78 is 39.0. The van der Waals surface area contributed by atoms with Crippen molar-refractivity contribution in [2.45, 2.75) is 13.1 Å². The second-order valence-corrected chi connectivity index (χ2v) is 5.29. The summed E-state index contributed by atoms with van der Waals surface area (Å²) in [5, 5.41) is 4.34. The Morgan fingerprint density at radius 3 is 2.36 bits per heavy atom. The van der Waals surface area contributed by atoms with Crippen molar-refractivity contribution in [1.82, 2.24) is 0 Å². The third-order valence-corrected chi connectivity index (χ3v) is 3.23. The highest BCUT2D eigenvalue weighted by molar-refractivity contribution is 6.31. The van der Waals surface area contributed by atoms with E-state index in [-0.39, 0.29) is 16.3 Å². The van der Waals surface area contributed by atoms with E-state index < -0.39 is 11.7 Å². The van der Waals surface area contributed by atoms with Crippen LogP contribution >= 0.6 is 23.2 Å². The van der Waals surface area contributed by atoms with Crippen LogP contribution < -0.4 is 4.84 Å². The molecule has 0 amide bonds. The number of benzene rings is 2. The molecule has 0 aliphatic rings. The van der Waals surface area contributed by atoms with Gasteiger partial charge in [0.1, 0.15) is 0 Å². The Labute approximate surface area is 135 Å². The molecule has 0 atom stereocenters. The SMILES string of the molecule is C/C(=N\Oc1cccc(Cl)c1)c1cc(Cl)ccc1C(F)(F)F. The molecule has 116 valence electrons. The van der Waals surface area contributed by atoms with Crippen molar-refractivity contribution in [1.29, 1.82) is 0 Å². The van der Waals surface area contributed by atoms with Gasteiger partial charge in [0.15, 0.2) is 5.75 Å². The lowest BCUT2D eigenvalue weighted by atomic mass is 10.0. The summed E-state index contributed by atoms with van der Waals surface area (Å²) in [6, 6.07) is 9.67. The van der Waals surface area contributed by atoms with Gasteiger partial charge in [-0.25, -0.2) is 0 Å². The maximum Gasteiger partial charge on any atom is 0.417 e. The highest BCUT2D eigenvalue weighted by Gasteiger charge is 2.34. The normalized spacial score (nSPS) is 12.4. The Hall–Kier alpha value is -1.72. The fraction of sp³-hybridized carbons (Fsp3) is 0.133. The number of hydrogen-bond acceptors (Lipinski definition) is 2. The van der Waals surface area contributed by atoms with Gasteiger partial charge in [-0.15, -0.1) is 0 Å². The zero-order chi connectivity index (χ0) is 16.3. The minimum Gasteiger partial charge on any atom is -0.357 e. The molecule has 7 heteroatoms. The van der Waals surface area contributed by atoms with Crippen LogP contribution in [0.5, 0.6) is 5.75 Å². The second kappa shape index (κ2) is 6.58. The molecule has 22 heavy (non-hydrogen) atoms. The third kappa shape index (κ3) is 4.15. The van der Waals surface area contributed by atoms with Crippen LogP contribution in [0.25, 0.3) is 0 Å². The lowest BCUT2D eigenvalue weighted by molar-refractivity contribution is -0.137. The molecule has 0 aliphatic carbocycles. The number of rotatable bonds is 3. The van der Waals surface area contributed by atoms with E-state index in [1.54, 1.807) is 18.2 Å². The Balaban J connectivity index is 2.34. The molecular formula is C15H10Cl2F3NO. The Morgan fingerprint density at radius 1 is 1.05 bits per heavy atom. The van der Waals surface area contributed by atoms with Crippen LogP contribution in [0.2, 0.25) is 10.0 Å². The summed E-state index contributed by atoms with van der Waals surface area (Å²) in [5.74, 6) is 0.322. The van der Waals surface area contributed by atoms with Gasteiger partial charge in [0.25, 0.3) is 0 Å². The van der Waals surface area contributed by atoms with Crippen LogP contribution in [-0.2, 0) is 6.18 Å². The largest absolute Gasteiger partial charge is 0.417 e. The van der Waals surface area contributed by atoms with Gasteiger partial charge in [-0.05, 0) is 37.3 Å². The smallest absolute Gasteiger partial charge is 0.357 e. The van der Waals surface area contributed by atoms with Crippen LogP contribution in [0.3, 0.4) is 0 Å². The van der Waals surface area contributed by atoms with E-state index in [4.69, 9.17) is 28.0 Å². The molecule has 0 saturated carbocycles. The highest BCUT2D eigenvalue weighted by atomic mass is 35.5. The fourth-order valence-corrected chi connectivity index (χ4v) is 2.11. The van der Waals surface area contributed by atoms with Crippen LogP contribution in [-0.4, -0.2) is 5.71 Å². The molecule has 0 bridgehead atoms. The van der Waals surface area contributed by atoms with E-state index in [2.05, 4.69) is 5.16 Å². The van der Waals surface area contributed by atoms with E-state index in [0.717, 1.165) is 6.07 Å². The Kier molecular flexibility index (Phi) is 4.98. The molecule has 0 N–H and O–H groups in total. The number of oxime groups is 1. The van der Waals surface area contributed by atoms with Gasteiger partial charge in [0.05, 0.1) is 11.3 Å². The molecule has 0 unspecified atom stereocenters. The molecule has 0 aromatic heterocycles. The Bertz CT molecular complexity index is 714. The lowest BCUT2D eigenvalue weighted by Crippen LogP contribution is -2.12. The number of hydrogen-bond donors (Lipinski definition) is 0. The molecule has 2 aromatic rings. The van der Waals surface area contributed by atoms with E-state index >= 15 is 0 Å². The monoisotopic (exact) mass is 347 g/mol. The molecule has 2 nitrogen and oxygen atoms in total. The zero-order valence-corrected chi connectivity index (χ0v) is 12.8. The van der Waals surface area contributed by atoms with Gasteiger partial charge in [-0.3, -0.25) is 0 Å². The van der Waals surface area contributed by atoms with E-state index in [1.807, 2.05) is 0 Å². The molecule has 0 saturated heterocycles. The van der Waals surface area contributed by atoms with Gasteiger partial charge in [-0.1, -0.05) is 34.4 Å². The first-order chi connectivity index (χ1) is 10.3. The molecular weight excluding hydrogens is 338 g/mol. The van der Waals surface area contributed by atoms with Gasteiger partial charge in [0, 0.05) is 21.7 Å². The molecule has 0 aliphatic heterocycles. The summed E-state index contributed by atoms with van der Waals surface area (Å²) in [4.78, 5) is 5.10. The summed E-state index contributed by atoms with van der Waals surface area (Å²) in [6.45, 7) is 1.41. The average Bonchev–Trinajstić information content (AvgIpc) is 2.43. The van der Waals surface area contributed by atoms with Crippen molar-refractivity contribution < 1.29 is 18.0 Å². The predicted octanol–water partition coefficient (Wildman–Crippen LogP) is 5.82. The van der Waals surface area contributed by atoms with Gasteiger partial charge >= 0.3 is 6.18 Å². The number of nitrogens with zero attached hydrogens (tertiary/aromatic N) is 1. The minimum atomic E-state index is -4.51. The first kappa shape index (κ1) is 16.6. The van der Waals surface area contributed by atoms with E-state index in [1.165, 1.54) is 25.1 Å². The van der Waals surface area contributed by atoms with Gasteiger partial charge in [-0.2, -0.15) is 13.2 Å². The maximum atomic E-state index is 13.0. The molecule has 0 fully saturated rings. The van der Waals surface area contributed by atoms with Crippen molar-refractivity contribution in [2.24, 2.45) is 5.16 Å². The molecule has 0 spiro atoms. The van der Waals surface area contributed by atoms with Crippen LogP contribution in [0.4, 0.5) is 13.2 Å². The van der Waals surface area contributed by atoms with Crippen molar-refractivity contribution >= 4 is 28.9 Å². The van der Waals surface area contributed by atoms with E-state index in [9.17, 15) is 13.2 Å². The van der Waals surface area contributed by atoms with Crippen molar-refractivity contribution in [3.8, 4) is 5.75 Å². The molecule has 2 rings (SSSR count). The maximum absolute atomic E-state index is 13.0. The minimum absolute atomic E-state index is 0.0507. The molecule has 2 aromatic carbocycles. The summed E-state index contributed by atoms with van der Waals surface area (Å²) in [5.41, 5.74) is -0.912.